The molecule has 2 aromatic carbocycles. The van der Waals surface area contributed by atoms with Crippen molar-refractivity contribution in [3.05, 3.63) is 94.7 Å². The molecule has 5 heterocycles. The minimum Gasteiger partial charge on any atom is -0.381 e. The summed E-state index contributed by atoms with van der Waals surface area (Å²) in [5, 5.41) is 8.81. The number of fused-ring (bicyclic) bond motifs is 2. The Kier molecular flexibility index (Phi) is 6.23. The van der Waals surface area contributed by atoms with E-state index in [0.717, 1.165) is 42.9 Å². The maximum absolute atomic E-state index is 14.4. The molecular formula is C32H34N8O2. The summed E-state index contributed by atoms with van der Waals surface area (Å²) in [6.45, 7) is 6.04. The third-order valence-corrected chi connectivity index (χ3v) is 8.95. The van der Waals surface area contributed by atoms with Gasteiger partial charge in [-0.05, 0) is 75.6 Å². The first kappa shape index (κ1) is 26.2. The van der Waals surface area contributed by atoms with Crippen LogP contribution in [0.5, 0.6) is 0 Å². The second kappa shape index (κ2) is 9.99. The molecule has 5 aromatic rings. The van der Waals surface area contributed by atoms with Crippen molar-refractivity contribution >= 4 is 33.8 Å². The molecule has 10 heteroatoms. The summed E-state index contributed by atoms with van der Waals surface area (Å²) < 4.78 is 3.21. The maximum Gasteiger partial charge on any atom is 0.265 e. The van der Waals surface area contributed by atoms with Gasteiger partial charge in [-0.1, -0.05) is 30.3 Å². The smallest absolute Gasteiger partial charge is 0.265 e. The highest BCUT2D eigenvalue weighted by atomic mass is 16.2. The molecular weight excluding hydrogens is 528 g/mol. The fraction of sp³-hybridized carbons (Fsp3) is 0.312. The molecule has 0 aliphatic carbocycles. The summed E-state index contributed by atoms with van der Waals surface area (Å²) in [4.78, 5) is 37.0. The third kappa shape index (κ3) is 4.30. The molecule has 1 spiro atoms. The number of nitrogens with one attached hydrogen (secondary N) is 1. The Morgan fingerprint density at radius 1 is 1.05 bits per heavy atom. The summed E-state index contributed by atoms with van der Waals surface area (Å²) in [5.74, 6) is -0.308. The van der Waals surface area contributed by atoms with Crippen LogP contribution in [0, 0.1) is 5.41 Å². The number of hydrogen-bond acceptors (Lipinski definition) is 7. The van der Waals surface area contributed by atoms with Crippen LogP contribution in [0.15, 0.2) is 77.9 Å². The molecule has 2 saturated heterocycles. The monoisotopic (exact) mass is 562 g/mol. The van der Waals surface area contributed by atoms with Crippen molar-refractivity contribution in [2.75, 3.05) is 43.9 Å². The number of pyridine rings is 1. The van der Waals surface area contributed by atoms with Gasteiger partial charge in [0.15, 0.2) is 11.5 Å². The quantitative estimate of drug-likeness (QED) is 0.336. The molecule has 2 fully saturated rings. The van der Waals surface area contributed by atoms with Gasteiger partial charge in [0, 0.05) is 42.3 Å². The van der Waals surface area contributed by atoms with Crippen molar-refractivity contribution < 1.29 is 4.79 Å². The topological polar surface area (TPSA) is 114 Å². The van der Waals surface area contributed by atoms with Gasteiger partial charge in [-0.25, -0.2) is 9.50 Å². The number of hydrogen-bond donors (Lipinski definition) is 2. The van der Waals surface area contributed by atoms with E-state index in [1.54, 1.807) is 23.0 Å². The lowest BCUT2D eigenvalue weighted by atomic mass is 9.71. The number of amides is 1. The van der Waals surface area contributed by atoms with Gasteiger partial charge in [-0.2, -0.15) is 0 Å². The van der Waals surface area contributed by atoms with E-state index in [1.807, 2.05) is 55.5 Å². The van der Waals surface area contributed by atoms with Crippen molar-refractivity contribution in [2.24, 2.45) is 5.41 Å². The molecule has 3 aromatic heterocycles. The van der Waals surface area contributed by atoms with Crippen LogP contribution in [0.3, 0.4) is 0 Å². The number of anilines is 2. The Morgan fingerprint density at radius 2 is 1.81 bits per heavy atom. The highest BCUT2D eigenvalue weighted by Crippen LogP contribution is 2.43. The van der Waals surface area contributed by atoms with Crippen LogP contribution in [0.25, 0.3) is 22.1 Å². The summed E-state index contributed by atoms with van der Waals surface area (Å²) in [5.41, 5.74) is 9.31. The number of carbonyl (C=O) groups excluding carboxylic acids is 1. The number of nitrogens with two attached hydrogens (primary N) is 1. The molecule has 2 aliphatic rings. The lowest BCUT2D eigenvalue weighted by molar-refractivity contribution is 0.0908. The predicted octanol–water partition coefficient (Wildman–Crippen LogP) is 3.64. The second-order valence-corrected chi connectivity index (χ2v) is 11.8. The Bertz CT molecular complexity index is 1860. The Morgan fingerprint density at radius 3 is 2.57 bits per heavy atom. The molecule has 2 aliphatic heterocycles. The zero-order valence-electron chi connectivity index (χ0n) is 23.8. The average Bonchev–Trinajstić information content (AvgIpc) is 3.32. The number of aromatic nitrogens is 4. The molecule has 1 amide bonds. The molecule has 10 nitrogen and oxygen atoms in total. The number of piperidine rings is 1. The lowest BCUT2D eigenvalue weighted by Crippen LogP contribution is -2.60. The summed E-state index contributed by atoms with van der Waals surface area (Å²) in [7, 11) is 2.19. The molecule has 3 N–H and O–H groups in total. The van der Waals surface area contributed by atoms with Gasteiger partial charge in [0.25, 0.3) is 11.5 Å². The van der Waals surface area contributed by atoms with E-state index in [0.29, 0.717) is 22.1 Å². The molecule has 1 atom stereocenters. The van der Waals surface area contributed by atoms with Crippen LogP contribution in [0.4, 0.5) is 11.5 Å². The third-order valence-electron chi connectivity index (χ3n) is 8.95. The van der Waals surface area contributed by atoms with E-state index in [-0.39, 0.29) is 16.9 Å². The van der Waals surface area contributed by atoms with Gasteiger partial charge in [-0.15, -0.1) is 5.10 Å². The second-order valence-electron chi connectivity index (χ2n) is 11.8. The standard InChI is InChI=1S/C32H34N8O2/c1-21(35-30(41)27-28(33)36-39-15-7-14-34-29(27)39)25-18-22-8-6-11-24(38-19-32(20-38)12-16-37(2)17-13-32)26(22)31(42)40(25)23-9-4-3-5-10-23/h3-11,14-15,18,21H,12-13,16-17,19-20H2,1-2H3,(H2,33,36)(H,35,41)/t21-/m1/s1. The number of rotatable bonds is 5. The van der Waals surface area contributed by atoms with Crippen LogP contribution in [-0.2, 0) is 0 Å². The SMILES string of the molecule is C[C@@H](NC(=O)c1c(N)nn2cccnc12)c1cc2cccc(N3CC4(CCN(C)CC4)C3)c2c(=O)n1-c1ccccc1. The number of para-hydroxylation sites is 1. The fourth-order valence-corrected chi connectivity index (χ4v) is 6.60. The molecule has 0 unspecified atom stereocenters. The van der Waals surface area contributed by atoms with Crippen LogP contribution in [0.1, 0.15) is 41.9 Å². The van der Waals surface area contributed by atoms with E-state index in [1.165, 1.54) is 17.4 Å². The van der Waals surface area contributed by atoms with Crippen molar-refractivity contribution in [2.45, 2.75) is 25.8 Å². The first-order valence-corrected chi connectivity index (χ1v) is 14.4. The molecule has 7 rings (SSSR count). The van der Waals surface area contributed by atoms with E-state index in [2.05, 4.69) is 38.3 Å². The van der Waals surface area contributed by atoms with Gasteiger partial charge in [0.1, 0.15) is 5.56 Å². The van der Waals surface area contributed by atoms with Crippen LogP contribution in [0.2, 0.25) is 0 Å². The highest BCUT2D eigenvalue weighted by Gasteiger charge is 2.45. The average molecular weight is 563 g/mol. The number of nitrogen functional groups attached to an aromatic ring is 1. The Balaban J connectivity index is 1.28. The summed E-state index contributed by atoms with van der Waals surface area (Å²) in [6, 6.07) is 18.8. The van der Waals surface area contributed by atoms with Crippen molar-refractivity contribution in [1.29, 1.82) is 0 Å². The predicted molar refractivity (Wildman–Crippen MR) is 164 cm³/mol. The van der Waals surface area contributed by atoms with Gasteiger partial charge in [0.05, 0.1) is 17.1 Å². The zero-order chi connectivity index (χ0) is 29.0. The van der Waals surface area contributed by atoms with Crippen molar-refractivity contribution in [3.63, 3.8) is 0 Å². The van der Waals surface area contributed by atoms with Gasteiger partial charge >= 0.3 is 0 Å². The first-order chi connectivity index (χ1) is 20.3. The van der Waals surface area contributed by atoms with Gasteiger partial charge in [0.2, 0.25) is 0 Å². The first-order valence-electron chi connectivity index (χ1n) is 14.4. The van der Waals surface area contributed by atoms with E-state index in [4.69, 9.17) is 5.73 Å². The molecule has 0 bridgehead atoms. The van der Waals surface area contributed by atoms with Crippen LogP contribution in [-0.4, -0.2) is 63.2 Å². The van der Waals surface area contributed by atoms with Gasteiger partial charge in [-0.3, -0.25) is 14.2 Å². The van der Waals surface area contributed by atoms with Gasteiger partial charge < -0.3 is 20.9 Å². The number of benzene rings is 2. The largest absolute Gasteiger partial charge is 0.381 e. The van der Waals surface area contributed by atoms with E-state index < -0.39 is 11.9 Å². The highest BCUT2D eigenvalue weighted by molar-refractivity contribution is 6.04. The molecule has 0 saturated carbocycles. The minimum atomic E-state index is -0.525. The van der Waals surface area contributed by atoms with E-state index >= 15 is 0 Å². The Hall–Kier alpha value is -4.70. The Labute approximate surface area is 243 Å². The normalized spacial score (nSPS) is 17.4. The zero-order valence-corrected chi connectivity index (χ0v) is 23.8. The molecule has 214 valence electrons. The molecule has 42 heavy (non-hydrogen) atoms. The van der Waals surface area contributed by atoms with Crippen molar-refractivity contribution in [1.82, 2.24) is 29.4 Å². The van der Waals surface area contributed by atoms with E-state index in [9.17, 15) is 9.59 Å². The number of nitrogens with zero attached hydrogens (tertiary/aromatic N) is 6. The van der Waals surface area contributed by atoms with Crippen LogP contribution < -0.4 is 21.5 Å². The summed E-state index contributed by atoms with van der Waals surface area (Å²) in [6.07, 6.45) is 5.66. The summed E-state index contributed by atoms with van der Waals surface area (Å²) >= 11 is 0. The molecule has 0 radical (unpaired) electrons. The van der Waals surface area contributed by atoms with Crippen molar-refractivity contribution in [3.8, 4) is 5.69 Å². The number of likely N-dealkylation sites (tertiary alicyclic amines) is 1. The van der Waals surface area contributed by atoms with Crippen LogP contribution >= 0.6 is 0 Å². The minimum absolute atomic E-state index is 0.0962. The lowest BCUT2D eigenvalue weighted by Gasteiger charge is -2.55. The maximum atomic E-state index is 14.4. The fourth-order valence-electron chi connectivity index (χ4n) is 6.60. The number of carbonyl (C=O) groups is 1.